The minimum atomic E-state index is -0.147. The van der Waals surface area contributed by atoms with Crippen LogP contribution in [0, 0.1) is 10.8 Å². The minimum Gasteiger partial charge on any atom is -0.322 e. The van der Waals surface area contributed by atoms with Gasteiger partial charge in [-0.25, -0.2) is 9.59 Å². The summed E-state index contributed by atoms with van der Waals surface area (Å²) < 4.78 is 2.66. The second-order valence-corrected chi connectivity index (χ2v) is 17.9. The molecule has 0 aliphatic carbocycles. The average molecular weight is 933 g/mol. The standard InChI is InChI=1S/C21H25Cl2N5O2.C14H21N5O2.C7H4Cl2O.CH4/c1-15(29)25(2)18-10-24-28(12-18)20(30)27-8-6-21(14-27)5-7-26(13-21)11-16-9-17(22)3-4-19(16)23;1-11(20)17(2)12-7-16-19(8-12)13(21)18-6-4-14(10-18)3-5-15-9-14;8-6-1-2-7(9)5(3-6)4-10;/h3-4,9-10,12H,5-8,11,13-14H2,1-2H3;7-8,15H,3-6,9-10H2,1-2H3;1-4H;1H4. The number of nitrogens with one attached hydrogen (secondary N) is 1. The molecule has 6 heterocycles. The highest BCUT2D eigenvalue weighted by Gasteiger charge is 2.45. The molecule has 0 bridgehead atoms. The fourth-order valence-corrected chi connectivity index (χ4v) is 8.90. The Morgan fingerprint density at radius 3 is 1.76 bits per heavy atom. The van der Waals surface area contributed by atoms with Crippen LogP contribution in [0.2, 0.25) is 20.1 Å². The van der Waals surface area contributed by atoms with Crippen molar-refractivity contribution in [3.63, 3.8) is 0 Å². The zero-order chi connectivity index (χ0) is 44.1. The summed E-state index contributed by atoms with van der Waals surface area (Å²) in [7, 11) is 3.33. The average Bonchev–Trinajstić information content (AvgIpc) is 4.11. The number of amides is 4. The van der Waals surface area contributed by atoms with E-state index in [2.05, 4.69) is 20.4 Å². The molecular formula is C43H54Cl4N10O5. The van der Waals surface area contributed by atoms with E-state index in [1.54, 1.807) is 50.9 Å². The second kappa shape index (κ2) is 20.8. The minimum absolute atomic E-state index is 0. The molecule has 8 rings (SSSR count). The molecule has 62 heavy (non-hydrogen) atoms. The quantitative estimate of drug-likeness (QED) is 0.199. The van der Waals surface area contributed by atoms with E-state index in [1.807, 2.05) is 21.9 Å². The number of hydrogen-bond acceptors (Lipinski definition) is 9. The van der Waals surface area contributed by atoms with Crippen molar-refractivity contribution >= 4 is 87.9 Å². The topological polar surface area (TPSA) is 149 Å². The lowest BCUT2D eigenvalue weighted by molar-refractivity contribution is -0.117. The van der Waals surface area contributed by atoms with Crippen LogP contribution in [0.5, 0.6) is 0 Å². The van der Waals surface area contributed by atoms with Gasteiger partial charge in [0, 0.05) is 105 Å². The van der Waals surface area contributed by atoms with Gasteiger partial charge in [0.2, 0.25) is 11.8 Å². The van der Waals surface area contributed by atoms with E-state index in [0.29, 0.717) is 51.4 Å². The first-order valence-corrected chi connectivity index (χ1v) is 21.5. The van der Waals surface area contributed by atoms with Crippen LogP contribution in [0.3, 0.4) is 0 Å². The van der Waals surface area contributed by atoms with Gasteiger partial charge in [-0.15, -0.1) is 0 Å². The third-order valence-corrected chi connectivity index (χ3v) is 13.2. The predicted molar refractivity (Wildman–Crippen MR) is 244 cm³/mol. The van der Waals surface area contributed by atoms with Crippen molar-refractivity contribution in [1.82, 2.24) is 39.6 Å². The number of nitrogens with zero attached hydrogens (tertiary/aromatic N) is 9. The summed E-state index contributed by atoms with van der Waals surface area (Å²) in [6.45, 7) is 10.6. The first kappa shape index (κ1) is 48.5. The van der Waals surface area contributed by atoms with Crippen LogP contribution < -0.4 is 15.1 Å². The number of rotatable bonds is 5. The molecule has 4 aliphatic rings. The van der Waals surface area contributed by atoms with Crippen molar-refractivity contribution < 1.29 is 24.0 Å². The number of hydrogen-bond donors (Lipinski definition) is 1. The Kier molecular flexibility index (Phi) is 16.3. The molecule has 1 N–H and O–H groups in total. The van der Waals surface area contributed by atoms with E-state index in [0.717, 1.165) is 82.1 Å². The number of anilines is 2. The fraction of sp³-hybridized carbons (Fsp3) is 0.465. The number of likely N-dealkylation sites (tertiary alicyclic amines) is 3. The first-order valence-electron chi connectivity index (χ1n) is 19.9. The van der Waals surface area contributed by atoms with Crippen molar-refractivity contribution in [1.29, 1.82) is 0 Å². The van der Waals surface area contributed by atoms with Gasteiger partial charge in [0.25, 0.3) is 0 Å². The van der Waals surface area contributed by atoms with Crippen molar-refractivity contribution in [3.05, 3.63) is 92.4 Å². The molecule has 2 aromatic heterocycles. The van der Waals surface area contributed by atoms with Gasteiger partial charge in [-0.2, -0.15) is 19.6 Å². The molecule has 2 spiro atoms. The van der Waals surface area contributed by atoms with Crippen LogP contribution in [0.1, 0.15) is 62.9 Å². The van der Waals surface area contributed by atoms with Gasteiger partial charge in [-0.1, -0.05) is 53.8 Å². The Labute approximate surface area is 382 Å². The summed E-state index contributed by atoms with van der Waals surface area (Å²) in [6, 6.07) is 10.1. The molecule has 334 valence electrons. The molecule has 4 aliphatic heterocycles. The fourth-order valence-electron chi connectivity index (χ4n) is 8.18. The van der Waals surface area contributed by atoms with E-state index in [-0.39, 0.29) is 42.1 Å². The largest absolute Gasteiger partial charge is 0.344 e. The summed E-state index contributed by atoms with van der Waals surface area (Å²) >= 11 is 23.6. The Morgan fingerprint density at radius 1 is 0.726 bits per heavy atom. The van der Waals surface area contributed by atoms with Crippen LogP contribution in [-0.2, 0) is 16.1 Å². The smallest absolute Gasteiger partial charge is 0.322 e. The first-order chi connectivity index (χ1) is 29.0. The number of benzene rings is 2. The molecular weight excluding hydrogens is 878 g/mol. The molecule has 4 amide bonds. The van der Waals surface area contributed by atoms with E-state index >= 15 is 0 Å². The highest BCUT2D eigenvalue weighted by molar-refractivity contribution is 6.35. The van der Waals surface area contributed by atoms with E-state index in [9.17, 15) is 24.0 Å². The monoisotopic (exact) mass is 930 g/mol. The van der Waals surface area contributed by atoms with Gasteiger partial charge in [-0.05, 0) is 80.7 Å². The molecule has 2 unspecified atom stereocenters. The van der Waals surface area contributed by atoms with Crippen LogP contribution in [-0.4, -0.2) is 131 Å². The summed E-state index contributed by atoms with van der Waals surface area (Å²) in [4.78, 5) is 67.6. The lowest BCUT2D eigenvalue weighted by Crippen LogP contribution is -2.36. The van der Waals surface area contributed by atoms with Gasteiger partial charge in [0.15, 0.2) is 6.29 Å². The van der Waals surface area contributed by atoms with Gasteiger partial charge in [-0.3, -0.25) is 19.3 Å². The van der Waals surface area contributed by atoms with Gasteiger partial charge in [0.05, 0.1) is 41.2 Å². The third kappa shape index (κ3) is 11.5. The van der Waals surface area contributed by atoms with Crippen LogP contribution in [0.15, 0.2) is 61.2 Å². The maximum absolute atomic E-state index is 12.9. The number of carbonyl (C=O) groups is 5. The molecule has 2 aromatic carbocycles. The van der Waals surface area contributed by atoms with E-state index in [1.165, 1.54) is 45.3 Å². The maximum Gasteiger partial charge on any atom is 0.344 e. The molecule has 4 saturated heterocycles. The number of aromatic nitrogens is 4. The summed E-state index contributed by atoms with van der Waals surface area (Å²) in [5, 5.41) is 14.0. The summed E-state index contributed by atoms with van der Waals surface area (Å²) in [5.41, 5.74) is 3.05. The van der Waals surface area contributed by atoms with Gasteiger partial charge in [0.1, 0.15) is 0 Å². The van der Waals surface area contributed by atoms with Crippen molar-refractivity contribution in [3.8, 4) is 0 Å². The zero-order valence-corrected chi connectivity index (χ0v) is 37.6. The van der Waals surface area contributed by atoms with Gasteiger partial charge >= 0.3 is 12.1 Å². The van der Waals surface area contributed by atoms with Crippen molar-refractivity contribution in [2.75, 3.05) is 76.3 Å². The molecule has 0 saturated carbocycles. The molecule has 19 heteroatoms. The Balaban J connectivity index is 0.000000196. The maximum atomic E-state index is 12.9. The highest BCUT2D eigenvalue weighted by atomic mass is 35.5. The Hall–Kier alpha value is -4.51. The van der Waals surface area contributed by atoms with Crippen LogP contribution >= 0.6 is 46.4 Å². The highest BCUT2D eigenvalue weighted by Crippen LogP contribution is 2.41. The molecule has 15 nitrogen and oxygen atoms in total. The van der Waals surface area contributed by atoms with Crippen molar-refractivity contribution in [2.45, 2.75) is 53.5 Å². The lowest BCUT2D eigenvalue weighted by atomic mass is 9.86. The lowest BCUT2D eigenvalue weighted by Gasteiger charge is -2.25. The molecule has 4 fully saturated rings. The number of carbonyl (C=O) groups excluding carboxylic acids is 5. The van der Waals surface area contributed by atoms with E-state index in [4.69, 9.17) is 46.4 Å². The second-order valence-electron chi connectivity index (χ2n) is 16.3. The Bertz CT molecular complexity index is 2260. The number of halogens is 4. The van der Waals surface area contributed by atoms with Crippen LogP contribution in [0.4, 0.5) is 21.0 Å². The Morgan fingerprint density at radius 2 is 1.24 bits per heavy atom. The third-order valence-electron chi connectivity index (χ3n) is 12.0. The van der Waals surface area contributed by atoms with E-state index < -0.39 is 0 Å². The SMILES string of the molecule is C.CC(=O)N(C)c1cnn(C(=O)N2CCC3(CCN(Cc4cc(Cl)ccc4Cl)C3)C2)c1.CC(=O)N(C)c1cnn(C(=O)N2CCC3(CCNC3)C2)c1.O=Cc1cc(Cl)ccc1Cl. The molecule has 2 atom stereocenters. The normalized spacial score (nSPS) is 20.3. The molecule has 0 radical (unpaired) electrons. The predicted octanol–water partition coefficient (Wildman–Crippen LogP) is 7.70. The van der Waals surface area contributed by atoms with Gasteiger partial charge < -0.3 is 24.9 Å². The number of aldehydes is 1. The zero-order valence-electron chi connectivity index (χ0n) is 34.6. The summed E-state index contributed by atoms with van der Waals surface area (Å²) in [6.07, 6.45) is 11.2. The summed E-state index contributed by atoms with van der Waals surface area (Å²) in [5.74, 6) is -0.188. The van der Waals surface area contributed by atoms with Crippen molar-refractivity contribution in [2.24, 2.45) is 10.8 Å². The van der Waals surface area contributed by atoms with Crippen LogP contribution in [0.25, 0.3) is 0 Å². The molecule has 4 aromatic rings.